The minimum atomic E-state index is -0.00194. The molecule has 1 aliphatic heterocycles. The van der Waals surface area contributed by atoms with Gasteiger partial charge in [-0.1, -0.05) is 47.0 Å². The Morgan fingerprint density at radius 1 is 1.33 bits per heavy atom. The fourth-order valence-electron chi connectivity index (χ4n) is 3.51. The van der Waals surface area contributed by atoms with Gasteiger partial charge in [-0.25, -0.2) is 14.7 Å². The zero-order valence-corrected chi connectivity index (χ0v) is 19.7. The van der Waals surface area contributed by atoms with Crippen LogP contribution in [0, 0.1) is 5.92 Å². The van der Waals surface area contributed by atoms with Crippen LogP contribution in [-0.2, 0) is 17.8 Å². The average Bonchev–Trinajstić information content (AvgIpc) is 3.15. The third-order valence-corrected chi connectivity index (χ3v) is 5.70. The van der Waals surface area contributed by atoms with Gasteiger partial charge in [-0.15, -0.1) is 0 Å². The lowest BCUT2D eigenvalue weighted by atomic mass is 9.99. The van der Waals surface area contributed by atoms with Crippen LogP contribution >= 0.6 is 0 Å². The van der Waals surface area contributed by atoms with Crippen LogP contribution in [0.25, 0.3) is 0 Å². The standard InChI is InChI=1S/C22H41N7O/c1-7-9-10-17(8-2)13-23-22(24-14-20(30)28(5)6)25-18-11-12-19-26-21(16(3)4)27-29(19)15-18/h16-18H,7-15H2,1-6H3,(H2,23,24,25). The van der Waals surface area contributed by atoms with Crippen molar-refractivity contribution >= 4 is 11.9 Å². The first-order chi connectivity index (χ1) is 14.3. The third-order valence-electron chi connectivity index (χ3n) is 5.70. The number of aryl methyl sites for hydroxylation is 1. The maximum Gasteiger partial charge on any atom is 0.243 e. The van der Waals surface area contributed by atoms with E-state index in [1.165, 1.54) is 19.3 Å². The molecule has 2 atom stereocenters. The van der Waals surface area contributed by atoms with Crippen molar-refractivity contribution in [1.29, 1.82) is 0 Å². The van der Waals surface area contributed by atoms with Gasteiger partial charge < -0.3 is 15.5 Å². The van der Waals surface area contributed by atoms with Crippen molar-refractivity contribution in [3.63, 3.8) is 0 Å². The van der Waals surface area contributed by atoms with Crippen LogP contribution in [0.15, 0.2) is 4.99 Å². The number of aromatic nitrogens is 3. The first-order valence-corrected chi connectivity index (χ1v) is 11.5. The minimum Gasteiger partial charge on any atom is -0.356 e. The van der Waals surface area contributed by atoms with Gasteiger partial charge in [0.25, 0.3) is 0 Å². The number of amides is 1. The van der Waals surface area contributed by atoms with E-state index < -0.39 is 0 Å². The summed E-state index contributed by atoms with van der Waals surface area (Å²) in [4.78, 5) is 22.9. The highest BCUT2D eigenvalue weighted by Crippen LogP contribution is 2.17. The molecule has 0 saturated carbocycles. The molecule has 0 fully saturated rings. The Morgan fingerprint density at radius 2 is 2.10 bits per heavy atom. The predicted molar refractivity (Wildman–Crippen MR) is 122 cm³/mol. The number of likely N-dealkylation sites (N-methyl/N-ethyl adjacent to an activating group) is 1. The minimum absolute atomic E-state index is 0.00194. The smallest absolute Gasteiger partial charge is 0.243 e. The molecule has 1 amide bonds. The zero-order valence-electron chi connectivity index (χ0n) is 19.7. The fourth-order valence-corrected chi connectivity index (χ4v) is 3.51. The second-order valence-electron chi connectivity index (χ2n) is 8.85. The van der Waals surface area contributed by atoms with Crippen molar-refractivity contribution in [2.24, 2.45) is 10.9 Å². The molecule has 1 aromatic rings. The first kappa shape index (κ1) is 24.2. The van der Waals surface area contributed by atoms with Crippen LogP contribution < -0.4 is 10.6 Å². The summed E-state index contributed by atoms with van der Waals surface area (Å²) in [7, 11) is 3.52. The number of rotatable bonds is 10. The van der Waals surface area contributed by atoms with Gasteiger partial charge in [-0.2, -0.15) is 5.10 Å². The lowest BCUT2D eigenvalue weighted by molar-refractivity contribution is -0.127. The summed E-state index contributed by atoms with van der Waals surface area (Å²) in [5.41, 5.74) is 0. The summed E-state index contributed by atoms with van der Waals surface area (Å²) in [6.07, 6.45) is 6.69. The maximum absolute atomic E-state index is 12.0. The van der Waals surface area contributed by atoms with Crippen LogP contribution in [0.1, 0.15) is 77.4 Å². The largest absolute Gasteiger partial charge is 0.356 e. The number of hydrogen-bond acceptors (Lipinski definition) is 4. The van der Waals surface area contributed by atoms with E-state index in [9.17, 15) is 4.79 Å². The van der Waals surface area contributed by atoms with Crippen LogP contribution in [0.3, 0.4) is 0 Å². The molecule has 0 spiro atoms. The number of fused-ring (bicyclic) bond motifs is 1. The van der Waals surface area contributed by atoms with Crippen molar-refractivity contribution in [3.8, 4) is 0 Å². The Labute approximate surface area is 181 Å². The normalized spacial score (nSPS) is 17.6. The number of hydrogen-bond donors (Lipinski definition) is 2. The lowest BCUT2D eigenvalue weighted by Crippen LogP contribution is -2.48. The van der Waals surface area contributed by atoms with Gasteiger partial charge in [0.2, 0.25) is 5.91 Å². The van der Waals surface area contributed by atoms with Crippen molar-refractivity contribution in [3.05, 3.63) is 11.6 Å². The lowest BCUT2D eigenvalue weighted by Gasteiger charge is -2.26. The molecule has 170 valence electrons. The van der Waals surface area contributed by atoms with E-state index in [1.807, 2.05) is 4.68 Å². The molecular weight excluding hydrogens is 378 g/mol. The molecule has 8 nitrogen and oxygen atoms in total. The predicted octanol–water partition coefficient (Wildman–Crippen LogP) is 2.56. The average molecular weight is 420 g/mol. The molecule has 8 heteroatoms. The molecule has 2 unspecified atom stereocenters. The molecule has 2 N–H and O–H groups in total. The Bertz CT molecular complexity index is 696. The van der Waals surface area contributed by atoms with Crippen LogP contribution in [0.2, 0.25) is 0 Å². The van der Waals surface area contributed by atoms with E-state index in [0.29, 0.717) is 11.8 Å². The molecule has 1 aromatic heterocycles. The Balaban J connectivity index is 2.02. The van der Waals surface area contributed by atoms with Gasteiger partial charge in [0, 0.05) is 39.0 Å². The van der Waals surface area contributed by atoms with E-state index in [1.54, 1.807) is 19.0 Å². The van der Waals surface area contributed by atoms with Gasteiger partial charge in [0.15, 0.2) is 11.8 Å². The van der Waals surface area contributed by atoms with Gasteiger partial charge in [0.1, 0.15) is 12.4 Å². The SMILES string of the molecule is CCCCC(CC)CNC(=NCC(=O)N(C)C)NC1CCc2nc(C(C)C)nn2C1. The summed E-state index contributed by atoms with van der Waals surface area (Å²) in [5.74, 6) is 3.64. The summed E-state index contributed by atoms with van der Waals surface area (Å²) in [6, 6.07) is 0.218. The highest BCUT2D eigenvalue weighted by molar-refractivity contribution is 5.84. The monoisotopic (exact) mass is 419 g/mol. The summed E-state index contributed by atoms with van der Waals surface area (Å²) >= 11 is 0. The van der Waals surface area contributed by atoms with Crippen molar-refractivity contribution in [1.82, 2.24) is 30.3 Å². The zero-order chi connectivity index (χ0) is 22.1. The Morgan fingerprint density at radius 3 is 2.73 bits per heavy atom. The molecule has 30 heavy (non-hydrogen) atoms. The molecule has 2 rings (SSSR count). The van der Waals surface area contributed by atoms with E-state index >= 15 is 0 Å². The molecule has 0 saturated heterocycles. The number of unbranched alkanes of at least 4 members (excludes halogenated alkanes) is 1. The number of aliphatic imine (C=N–C) groups is 1. The van der Waals surface area contributed by atoms with Crippen molar-refractivity contribution in [2.45, 2.75) is 84.7 Å². The summed E-state index contributed by atoms with van der Waals surface area (Å²) < 4.78 is 2.02. The first-order valence-electron chi connectivity index (χ1n) is 11.5. The molecule has 0 bridgehead atoms. The van der Waals surface area contributed by atoms with Gasteiger partial charge in [-0.05, 0) is 18.8 Å². The van der Waals surface area contributed by atoms with Crippen LogP contribution in [-0.4, -0.2) is 64.8 Å². The second-order valence-corrected chi connectivity index (χ2v) is 8.85. The maximum atomic E-state index is 12.0. The summed E-state index contributed by atoms with van der Waals surface area (Å²) in [6.45, 7) is 10.5. The molecule has 0 aromatic carbocycles. The van der Waals surface area contributed by atoms with Crippen molar-refractivity contribution < 1.29 is 4.79 Å². The number of carbonyl (C=O) groups excluding carboxylic acids is 1. The molecule has 2 heterocycles. The van der Waals surface area contributed by atoms with E-state index in [0.717, 1.165) is 50.0 Å². The van der Waals surface area contributed by atoms with Crippen molar-refractivity contribution in [2.75, 3.05) is 27.2 Å². The Hall–Kier alpha value is -2.12. The van der Waals surface area contributed by atoms with Gasteiger partial charge in [-0.3, -0.25) is 4.79 Å². The number of nitrogens with zero attached hydrogens (tertiary/aromatic N) is 5. The van der Waals surface area contributed by atoms with Gasteiger partial charge >= 0.3 is 0 Å². The molecular formula is C22H41N7O. The Kier molecular flexibility index (Phi) is 9.59. The second kappa shape index (κ2) is 11.9. The topological polar surface area (TPSA) is 87.4 Å². The fraction of sp³-hybridized carbons (Fsp3) is 0.818. The highest BCUT2D eigenvalue weighted by atomic mass is 16.2. The highest BCUT2D eigenvalue weighted by Gasteiger charge is 2.23. The molecule has 0 radical (unpaired) electrons. The van der Waals surface area contributed by atoms with E-state index in [4.69, 9.17) is 0 Å². The van der Waals surface area contributed by atoms with Gasteiger partial charge in [0.05, 0.1) is 6.54 Å². The number of nitrogens with one attached hydrogen (secondary N) is 2. The third kappa shape index (κ3) is 7.29. The number of guanidine groups is 1. The molecule has 1 aliphatic rings. The number of carbonyl (C=O) groups is 1. The quantitative estimate of drug-likeness (QED) is 0.450. The van der Waals surface area contributed by atoms with Crippen LogP contribution in [0.4, 0.5) is 0 Å². The van der Waals surface area contributed by atoms with E-state index in [2.05, 4.69) is 53.4 Å². The summed E-state index contributed by atoms with van der Waals surface area (Å²) in [5, 5.41) is 11.7. The molecule has 0 aliphatic carbocycles. The van der Waals surface area contributed by atoms with E-state index in [-0.39, 0.29) is 18.5 Å². The van der Waals surface area contributed by atoms with Crippen LogP contribution in [0.5, 0.6) is 0 Å².